The van der Waals surface area contributed by atoms with Gasteiger partial charge >= 0.3 is 0 Å². The van der Waals surface area contributed by atoms with Crippen LogP contribution in [-0.2, 0) is 55.2 Å². The second kappa shape index (κ2) is 15.5. The summed E-state index contributed by atoms with van der Waals surface area (Å²) in [4.78, 5) is 6.94. The molecule has 6 nitrogen and oxygen atoms in total. The van der Waals surface area contributed by atoms with Crippen molar-refractivity contribution in [1.82, 2.24) is 14.1 Å². The molecule has 0 N–H and O–H groups in total. The quantitative estimate of drug-likeness (QED) is 0.130. The van der Waals surface area contributed by atoms with Crippen LogP contribution in [0.3, 0.4) is 0 Å². The van der Waals surface area contributed by atoms with Crippen LogP contribution < -0.4 is 14.2 Å². The van der Waals surface area contributed by atoms with Crippen molar-refractivity contribution in [2.45, 2.75) is 110 Å². The maximum atomic E-state index is 6.96. The van der Waals surface area contributed by atoms with E-state index in [1.807, 2.05) is 30.5 Å². The molecule has 0 amide bonds. The Morgan fingerprint density at radius 1 is 0.623 bits per heavy atom. The standard InChI is InChI=1S/C62H63N5O.Pt/c1-58(2,3)37-29-44-45-30-38(59(4,5)6)32-49(61(10,11)12)56(45)62(55(44)48(31-37)60(7,8)9)46-26-24-41(35-53(46)66-36-65(15)51-20-18-19-47(62)57(51)66)68-40-23-25-42-43-33-39(64(13)14)22-27-50(43)67(52(42)34-40)54-21-16-17-28-63-54;/h16-33H,1-15H3;/q-2;. The summed E-state index contributed by atoms with van der Waals surface area (Å²) < 4.78 is 13.5. The Morgan fingerprint density at radius 2 is 1.25 bits per heavy atom. The molecule has 4 heterocycles. The molecule has 9 aromatic rings. The number of para-hydroxylation sites is 1. The predicted molar refractivity (Wildman–Crippen MR) is 280 cm³/mol. The molecule has 1 spiro atoms. The molecule has 0 radical (unpaired) electrons. The van der Waals surface area contributed by atoms with Crippen LogP contribution in [0.25, 0.3) is 55.5 Å². The third-order valence-corrected chi connectivity index (χ3v) is 14.7. The van der Waals surface area contributed by atoms with Crippen LogP contribution in [0.15, 0.2) is 109 Å². The number of hydrogen-bond acceptors (Lipinski definition) is 3. The molecule has 0 atom stereocenters. The van der Waals surface area contributed by atoms with E-state index in [9.17, 15) is 0 Å². The first-order valence-electron chi connectivity index (χ1n) is 24.1. The fourth-order valence-electron chi connectivity index (χ4n) is 11.2. The Hall–Kier alpha value is -5.97. The third-order valence-electron chi connectivity index (χ3n) is 14.7. The SMILES string of the molecule is CN(C)c1ccc2c(c1)c1ccc(Oc3[c-]c4c(cc3)C3(c5c(cc(C(C)(C)C)cc5C(C)(C)C)-c5cc(C(C)(C)C)cc(C(C)(C)C)c53)c3cccc5c3n-4[c-][n+]5C)[c-]c1n2-c1ccccn1.[Pt]. The largest absolute Gasteiger partial charge is 0.510 e. The Balaban J connectivity index is 0.00000553. The van der Waals surface area contributed by atoms with Crippen LogP contribution in [0.1, 0.15) is 128 Å². The van der Waals surface area contributed by atoms with Crippen molar-refractivity contribution < 1.29 is 30.4 Å². The zero-order chi connectivity index (χ0) is 48.2. The maximum Gasteiger partial charge on any atom is 0.242 e. The van der Waals surface area contributed by atoms with Crippen LogP contribution in [-0.4, -0.2) is 28.2 Å². The van der Waals surface area contributed by atoms with E-state index >= 15 is 0 Å². The maximum absolute atomic E-state index is 6.96. The summed E-state index contributed by atoms with van der Waals surface area (Å²) in [5, 5.41) is 2.22. The van der Waals surface area contributed by atoms with Gasteiger partial charge in [-0.15, -0.1) is 35.2 Å². The van der Waals surface area contributed by atoms with Gasteiger partial charge in [0, 0.05) is 69.5 Å². The Labute approximate surface area is 423 Å². The molecule has 0 saturated heterocycles. The molecule has 1 aliphatic carbocycles. The van der Waals surface area contributed by atoms with E-state index in [4.69, 9.17) is 9.72 Å². The number of hydrogen-bond donors (Lipinski definition) is 0. The first-order valence-corrected chi connectivity index (χ1v) is 24.1. The number of anilines is 1. The summed E-state index contributed by atoms with van der Waals surface area (Å²) in [5.74, 6) is 2.04. The van der Waals surface area contributed by atoms with Gasteiger partial charge in [0.25, 0.3) is 0 Å². The molecule has 7 heteroatoms. The molecule has 1 aliphatic heterocycles. The number of benzene rings is 6. The second-order valence-corrected chi connectivity index (χ2v) is 23.7. The van der Waals surface area contributed by atoms with Crippen LogP contribution >= 0.6 is 0 Å². The number of imidazole rings is 1. The van der Waals surface area contributed by atoms with Crippen LogP contribution in [0, 0.1) is 18.5 Å². The topological polar surface area (TPSA) is 39.1 Å². The van der Waals surface area contributed by atoms with Crippen molar-refractivity contribution in [3.05, 3.63) is 172 Å². The number of pyridine rings is 1. The molecule has 354 valence electrons. The Kier molecular flexibility index (Phi) is 10.5. The number of nitrogens with zero attached hydrogens (tertiary/aromatic N) is 5. The van der Waals surface area contributed by atoms with Gasteiger partial charge < -0.3 is 23.3 Å². The Morgan fingerprint density at radius 3 is 1.83 bits per heavy atom. The number of aryl methyl sites for hydroxylation is 1. The van der Waals surface area contributed by atoms with Crippen molar-refractivity contribution in [1.29, 1.82) is 0 Å². The van der Waals surface area contributed by atoms with E-state index in [1.54, 1.807) is 0 Å². The summed E-state index contributed by atoms with van der Waals surface area (Å²) in [6, 6.07) is 45.9. The normalized spacial score (nSPS) is 14.0. The van der Waals surface area contributed by atoms with Gasteiger partial charge in [0.15, 0.2) is 0 Å². The number of ether oxygens (including phenoxy) is 1. The molecule has 0 fully saturated rings. The number of fused-ring (bicyclic) bond motifs is 12. The average molecular weight is 1090 g/mol. The smallest absolute Gasteiger partial charge is 0.242 e. The minimum atomic E-state index is -0.693. The molecule has 0 saturated carbocycles. The zero-order valence-corrected chi connectivity index (χ0v) is 45.1. The fourth-order valence-corrected chi connectivity index (χ4v) is 11.2. The Bertz CT molecular complexity index is 3480. The first-order chi connectivity index (χ1) is 32.0. The number of aromatic nitrogens is 4. The van der Waals surface area contributed by atoms with E-state index in [2.05, 4.69) is 220 Å². The monoisotopic (exact) mass is 1090 g/mol. The van der Waals surface area contributed by atoms with E-state index in [1.165, 1.54) is 55.6 Å². The molecule has 6 aromatic carbocycles. The minimum absolute atomic E-state index is 0. The van der Waals surface area contributed by atoms with Gasteiger partial charge in [-0.25, -0.2) is 4.98 Å². The van der Waals surface area contributed by atoms with Gasteiger partial charge in [-0.1, -0.05) is 143 Å². The summed E-state index contributed by atoms with van der Waals surface area (Å²) >= 11 is 0. The number of rotatable bonds is 4. The minimum Gasteiger partial charge on any atom is -0.510 e. The van der Waals surface area contributed by atoms with Gasteiger partial charge in [0.2, 0.25) is 6.33 Å². The van der Waals surface area contributed by atoms with Crippen molar-refractivity contribution in [3.63, 3.8) is 0 Å². The zero-order valence-electron chi connectivity index (χ0n) is 42.9. The summed E-state index contributed by atoms with van der Waals surface area (Å²) in [7, 11) is 6.26. The van der Waals surface area contributed by atoms with Gasteiger partial charge in [0.05, 0.1) is 18.1 Å². The molecule has 3 aromatic heterocycles. The fraction of sp³-hybridized carbons (Fsp3) is 0.323. The van der Waals surface area contributed by atoms with E-state index in [0.29, 0.717) is 11.5 Å². The molecular weight excluding hydrogens is 1030 g/mol. The molecular formula is C62H63N5OPt-2. The van der Waals surface area contributed by atoms with Crippen molar-refractivity contribution in [2.24, 2.45) is 7.05 Å². The van der Waals surface area contributed by atoms with Crippen LogP contribution in [0.5, 0.6) is 11.5 Å². The predicted octanol–water partition coefficient (Wildman–Crippen LogP) is 14.1. The summed E-state index contributed by atoms with van der Waals surface area (Å²) in [5.41, 5.74) is 18.4. The van der Waals surface area contributed by atoms with Crippen molar-refractivity contribution in [3.8, 4) is 34.1 Å². The first kappa shape index (κ1) is 46.7. The average Bonchev–Trinajstić information content (AvgIpc) is 3.89. The van der Waals surface area contributed by atoms with Crippen molar-refractivity contribution in [2.75, 3.05) is 19.0 Å². The van der Waals surface area contributed by atoms with Crippen LogP contribution in [0.4, 0.5) is 5.69 Å². The molecule has 0 bridgehead atoms. The summed E-state index contributed by atoms with van der Waals surface area (Å²) in [6.07, 6.45) is 5.59. The van der Waals surface area contributed by atoms with Gasteiger partial charge in [-0.2, -0.15) is 12.1 Å². The van der Waals surface area contributed by atoms with E-state index in [-0.39, 0.29) is 42.7 Å². The molecule has 69 heavy (non-hydrogen) atoms. The van der Waals surface area contributed by atoms with Gasteiger partial charge in [0.1, 0.15) is 5.82 Å². The van der Waals surface area contributed by atoms with Crippen molar-refractivity contribution >= 4 is 38.5 Å². The van der Waals surface area contributed by atoms with Gasteiger partial charge in [-0.3, -0.25) is 0 Å². The van der Waals surface area contributed by atoms with E-state index < -0.39 is 5.41 Å². The third kappa shape index (κ3) is 6.97. The molecule has 0 unspecified atom stereocenters. The van der Waals surface area contributed by atoms with Crippen LogP contribution in [0.2, 0.25) is 0 Å². The van der Waals surface area contributed by atoms with E-state index in [0.717, 1.165) is 50.0 Å². The second-order valence-electron chi connectivity index (χ2n) is 23.7. The molecule has 11 rings (SSSR count). The van der Waals surface area contributed by atoms with Gasteiger partial charge in [-0.05, 0) is 107 Å². The molecule has 2 aliphatic rings. The summed E-state index contributed by atoms with van der Waals surface area (Å²) in [6.45, 7) is 28.5.